The lowest BCUT2D eigenvalue weighted by atomic mass is 10.1. The van der Waals surface area contributed by atoms with E-state index in [4.69, 9.17) is 16.0 Å². The van der Waals surface area contributed by atoms with E-state index in [-0.39, 0.29) is 11.7 Å². The zero-order valence-corrected chi connectivity index (χ0v) is 17.8. The molecule has 1 N–H and O–H groups in total. The largest absolute Gasteiger partial charge is 0.411 e. The molecule has 0 saturated carbocycles. The molecular formula is C24H16ClN3O2S. The number of aromatic nitrogens is 2. The lowest BCUT2D eigenvalue weighted by Crippen LogP contribution is -2.14. The van der Waals surface area contributed by atoms with Gasteiger partial charge in [0.05, 0.1) is 5.75 Å². The van der Waals surface area contributed by atoms with Gasteiger partial charge in [0, 0.05) is 27.4 Å². The number of hydrogen-bond acceptors (Lipinski definition) is 5. The molecule has 152 valence electrons. The molecule has 4 rings (SSSR count). The third-order valence-corrected chi connectivity index (χ3v) is 5.17. The van der Waals surface area contributed by atoms with Crippen LogP contribution in [0.4, 0.5) is 5.69 Å². The van der Waals surface area contributed by atoms with Crippen molar-refractivity contribution < 1.29 is 9.21 Å². The monoisotopic (exact) mass is 445 g/mol. The molecular weight excluding hydrogens is 430 g/mol. The summed E-state index contributed by atoms with van der Waals surface area (Å²) in [5.41, 5.74) is 3.20. The van der Waals surface area contributed by atoms with Crippen LogP contribution in [0, 0.1) is 11.8 Å². The Kier molecular flexibility index (Phi) is 6.68. The Morgan fingerprint density at radius 1 is 0.935 bits per heavy atom. The highest BCUT2D eigenvalue weighted by Crippen LogP contribution is 2.24. The number of anilines is 1. The second-order valence-electron chi connectivity index (χ2n) is 6.41. The van der Waals surface area contributed by atoms with Gasteiger partial charge in [-0.3, -0.25) is 4.79 Å². The molecule has 0 fully saturated rings. The van der Waals surface area contributed by atoms with E-state index >= 15 is 0 Å². The number of amides is 1. The first-order chi connectivity index (χ1) is 15.2. The Bertz CT molecular complexity index is 1250. The third-order valence-electron chi connectivity index (χ3n) is 4.10. The van der Waals surface area contributed by atoms with Crippen molar-refractivity contribution in [2.24, 2.45) is 0 Å². The summed E-state index contributed by atoms with van der Waals surface area (Å²) in [7, 11) is 0. The Hall–Kier alpha value is -3.53. The van der Waals surface area contributed by atoms with Crippen LogP contribution in [0.3, 0.4) is 0 Å². The molecule has 0 saturated heterocycles. The van der Waals surface area contributed by atoms with Crippen LogP contribution in [-0.2, 0) is 4.79 Å². The minimum Gasteiger partial charge on any atom is -0.411 e. The predicted octanol–water partition coefficient (Wildman–Crippen LogP) is 5.52. The highest BCUT2D eigenvalue weighted by Gasteiger charge is 2.11. The van der Waals surface area contributed by atoms with Crippen molar-refractivity contribution in [3.05, 3.63) is 95.0 Å². The van der Waals surface area contributed by atoms with Crippen molar-refractivity contribution >= 4 is 35.0 Å². The summed E-state index contributed by atoms with van der Waals surface area (Å²) in [6.07, 6.45) is 0. The minimum atomic E-state index is -0.176. The predicted molar refractivity (Wildman–Crippen MR) is 123 cm³/mol. The van der Waals surface area contributed by atoms with Gasteiger partial charge in [-0.15, -0.1) is 10.2 Å². The van der Waals surface area contributed by atoms with Crippen molar-refractivity contribution in [3.8, 4) is 23.3 Å². The first kappa shape index (κ1) is 20.7. The fourth-order valence-corrected chi connectivity index (χ4v) is 3.33. The molecule has 7 heteroatoms. The number of benzene rings is 3. The number of rotatable bonds is 5. The molecule has 0 atom stereocenters. The average molecular weight is 446 g/mol. The van der Waals surface area contributed by atoms with Gasteiger partial charge >= 0.3 is 0 Å². The van der Waals surface area contributed by atoms with E-state index in [9.17, 15) is 4.79 Å². The van der Waals surface area contributed by atoms with Crippen molar-refractivity contribution in [2.45, 2.75) is 5.22 Å². The van der Waals surface area contributed by atoms with Crippen molar-refractivity contribution in [1.29, 1.82) is 0 Å². The fourth-order valence-electron chi connectivity index (χ4n) is 2.64. The highest BCUT2D eigenvalue weighted by atomic mass is 35.5. The summed E-state index contributed by atoms with van der Waals surface area (Å²) < 4.78 is 5.60. The number of thioether (sulfide) groups is 1. The smallest absolute Gasteiger partial charge is 0.277 e. The molecule has 0 aliphatic carbocycles. The Morgan fingerprint density at radius 2 is 1.68 bits per heavy atom. The molecule has 0 spiro atoms. The quantitative estimate of drug-likeness (QED) is 0.323. The Labute approximate surface area is 188 Å². The summed E-state index contributed by atoms with van der Waals surface area (Å²) >= 11 is 7.06. The maximum Gasteiger partial charge on any atom is 0.277 e. The van der Waals surface area contributed by atoms with Crippen LogP contribution in [0.5, 0.6) is 0 Å². The second kappa shape index (κ2) is 9.98. The first-order valence-electron chi connectivity index (χ1n) is 9.35. The molecule has 31 heavy (non-hydrogen) atoms. The normalized spacial score (nSPS) is 10.2. The molecule has 0 unspecified atom stereocenters. The average Bonchev–Trinajstić information content (AvgIpc) is 3.27. The van der Waals surface area contributed by atoms with E-state index in [2.05, 4.69) is 27.4 Å². The standard InChI is InChI=1S/C24H16ClN3O2S/c25-20-13-11-19(12-14-20)23-27-28-24(30-23)31-16-22(29)26-21-8-4-7-18(15-21)10-9-17-5-2-1-3-6-17/h1-8,11-15H,16H2,(H,26,29). The minimum absolute atomic E-state index is 0.141. The van der Waals surface area contributed by atoms with Gasteiger partial charge < -0.3 is 9.73 Å². The van der Waals surface area contributed by atoms with Crippen molar-refractivity contribution in [2.75, 3.05) is 11.1 Å². The number of hydrogen-bond donors (Lipinski definition) is 1. The Balaban J connectivity index is 1.33. The van der Waals surface area contributed by atoms with Crippen LogP contribution in [0.1, 0.15) is 11.1 Å². The second-order valence-corrected chi connectivity index (χ2v) is 7.78. The summed E-state index contributed by atoms with van der Waals surface area (Å²) in [5.74, 6) is 6.55. The highest BCUT2D eigenvalue weighted by molar-refractivity contribution is 7.99. The molecule has 3 aromatic carbocycles. The summed E-state index contributed by atoms with van der Waals surface area (Å²) in [6, 6.07) is 24.2. The van der Waals surface area contributed by atoms with Gasteiger partial charge in [-0.25, -0.2) is 0 Å². The van der Waals surface area contributed by atoms with Crippen molar-refractivity contribution in [1.82, 2.24) is 10.2 Å². The molecule has 1 amide bonds. The first-order valence-corrected chi connectivity index (χ1v) is 10.7. The van der Waals surface area contributed by atoms with E-state index < -0.39 is 0 Å². The number of carbonyl (C=O) groups excluding carboxylic acids is 1. The molecule has 1 aromatic heterocycles. The van der Waals surface area contributed by atoms with Gasteiger partial charge in [0.2, 0.25) is 11.8 Å². The van der Waals surface area contributed by atoms with Crippen LogP contribution in [0.25, 0.3) is 11.5 Å². The molecule has 1 heterocycles. The number of carbonyl (C=O) groups is 1. The van der Waals surface area contributed by atoms with E-state index in [0.717, 1.165) is 16.7 Å². The molecule has 0 radical (unpaired) electrons. The van der Waals surface area contributed by atoms with E-state index in [0.29, 0.717) is 21.8 Å². The zero-order chi connectivity index (χ0) is 21.5. The van der Waals surface area contributed by atoms with Crippen LogP contribution >= 0.6 is 23.4 Å². The van der Waals surface area contributed by atoms with E-state index in [1.807, 2.05) is 54.6 Å². The van der Waals surface area contributed by atoms with Crippen LogP contribution < -0.4 is 5.32 Å². The topological polar surface area (TPSA) is 68.0 Å². The summed E-state index contributed by atoms with van der Waals surface area (Å²) in [6.45, 7) is 0. The van der Waals surface area contributed by atoms with Crippen molar-refractivity contribution in [3.63, 3.8) is 0 Å². The van der Waals surface area contributed by atoms with Crippen LogP contribution in [0.15, 0.2) is 88.5 Å². The fraction of sp³-hybridized carbons (Fsp3) is 0.0417. The lowest BCUT2D eigenvalue weighted by molar-refractivity contribution is -0.113. The van der Waals surface area contributed by atoms with Gasteiger partial charge in [0.25, 0.3) is 5.22 Å². The van der Waals surface area contributed by atoms with Gasteiger partial charge in [0.1, 0.15) is 0 Å². The van der Waals surface area contributed by atoms with Crippen LogP contribution in [0.2, 0.25) is 5.02 Å². The molecule has 0 aliphatic rings. The number of nitrogens with zero attached hydrogens (tertiary/aromatic N) is 2. The van der Waals surface area contributed by atoms with E-state index in [1.165, 1.54) is 11.8 Å². The Morgan fingerprint density at radius 3 is 2.48 bits per heavy atom. The number of halogens is 1. The van der Waals surface area contributed by atoms with Gasteiger partial charge in [-0.05, 0) is 54.6 Å². The number of nitrogens with one attached hydrogen (secondary N) is 1. The van der Waals surface area contributed by atoms with Gasteiger partial charge in [-0.2, -0.15) is 0 Å². The maximum atomic E-state index is 12.3. The molecule has 5 nitrogen and oxygen atoms in total. The summed E-state index contributed by atoms with van der Waals surface area (Å²) in [5, 5.41) is 11.8. The third kappa shape index (κ3) is 5.98. The van der Waals surface area contributed by atoms with Gasteiger partial charge in [0.15, 0.2) is 0 Å². The van der Waals surface area contributed by atoms with E-state index in [1.54, 1.807) is 24.3 Å². The lowest BCUT2D eigenvalue weighted by Gasteiger charge is -2.04. The molecule has 0 aliphatic heterocycles. The van der Waals surface area contributed by atoms with Gasteiger partial charge in [-0.1, -0.05) is 59.5 Å². The molecule has 4 aromatic rings. The maximum absolute atomic E-state index is 12.3. The SMILES string of the molecule is O=C(CSc1nnc(-c2ccc(Cl)cc2)o1)Nc1cccc(C#Cc2ccccc2)c1. The zero-order valence-electron chi connectivity index (χ0n) is 16.2. The molecule has 0 bridgehead atoms. The summed E-state index contributed by atoms with van der Waals surface area (Å²) in [4.78, 5) is 12.3. The van der Waals surface area contributed by atoms with Crippen LogP contribution in [-0.4, -0.2) is 21.9 Å².